The van der Waals surface area contributed by atoms with Gasteiger partial charge in [0.1, 0.15) is 0 Å². The van der Waals surface area contributed by atoms with E-state index in [0.29, 0.717) is 6.04 Å². The summed E-state index contributed by atoms with van der Waals surface area (Å²) in [7, 11) is 2.10. The number of hydrogen-bond acceptors (Lipinski definition) is 2. The van der Waals surface area contributed by atoms with Gasteiger partial charge in [-0.15, -0.1) is 0 Å². The molecular formula is C18H27ClN2. The molecule has 1 aromatic rings. The molecule has 1 N–H and O–H groups in total. The zero-order valence-electron chi connectivity index (χ0n) is 13.1. The number of piperidine rings is 1. The van der Waals surface area contributed by atoms with Gasteiger partial charge in [0.15, 0.2) is 0 Å². The summed E-state index contributed by atoms with van der Waals surface area (Å²) >= 11 is 6.52. The molecule has 1 aliphatic carbocycles. The molecule has 0 bridgehead atoms. The van der Waals surface area contributed by atoms with Gasteiger partial charge in [0.05, 0.1) is 6.04 Å². The molecule has 116 valence electrons. The Morgan fingerprint density at radius 3 is 2.33 bits per heavy atom. The molecule has 2 nitrogen and oxygen atoms in total. The minimum atomic E-state index is 0.264. The van der Waals surface area contributed by atoms with Crippen molar-refractivity contribution in [1.29, 1.82) is 0 Å². The first-order valence-corrected chi connectivity index (χ1v) is 8.82. The molecule has 2 aliphatic rings. The fourth-order valence-electron chi connectivity index (χ4n) is 4.54. The molecule has 0 amide bonds. The van der Waals surface area contributed by atoms with Gasteiger partial charge in [-0.1, -0.05) is 49.1 Å². The number of nitrogens with one attached hydrogen (secondary N) is 1. The van der Waals surface area contributed by atoms with Crippen LogP contribution in [0.5, 0.6) is 0 Å². The minimum absolute atomic E-state index is 0.264. The third-order valence-corrected chi connectivity index (χ3v) is 5.84. The van der Waals surface area contributed by atoms with Crippen LogP contribution in [0.1, 0.15) is 56.6 Å². The second kappa shape index (κ2) is 6.68. The lowest BCUT2D eigenvalue weighted by Crippen LogP contribution is -2.56. The predicted octanol–water partition coefficient (Wildman–Crippen LogP) is 4.40. The van der Waals surface area contributed by atoms with Crippen molar-refractivity contribution in [3.05, 3.63) is 34.9 Å². The van der Waals surface area contributed by atoms with E-state index < -0.39 is 0 Å². The molecule has 21 heavy (non-hydrogen) atoms. The summed E-state index contributed by atoms with van der Waals surface area (Å²) in [5.41, 5.74) is 1.54. The number of nitrogens with zero attached hydrogens (tertiary/aromatic N) is 1. The van der Waals surface area contributed by atoms with Crippen molar-refractivity contribution in [3.8, 4) is 0 Å². The van der Waals surface area contributed by atoms with Crippen LogP contribution < -0.4 is 5.32 Å². The van der Waals surface area contributed by atoms with Gasteiger partial charge >= 0.3 is 0 Å². The summed E-state index contributed by atoms with van der Waals surface area (Å²) in [6.45, 7) is 2.51. The number of hydrogen-bond donors (Lipinski definition) is 1. The van der Waals surface area contributed by atoms with Crippen molar-refractivity contribution >= 4 is 11.6 Å². The molecule has 0 radical (unpaired) electrons. The molecule has 1 heterocycles. The molecule has 1 atom stereocenters. The first-order valence-electron chi connectivity index (χ1n) is 8.45. The topological polar surface area (TPSA) is 15.3 Å². The molecule has 3 heteroatoms. The Hall–Kier alpha value is -0.570. The van der Waals surface area contributed by atoms with Gasteiger partial charge in [-0.3, -0.25) is 4.90 Å². The predicted molar refractivity (Wildman–Crippen MR) is 89.9 cm³/mol. The van der Waals surface area contributed by atoms with Crippen LogP contribution in [0, 0.1) is 0 Å². The maximum Gasteiger partial charge on any atom is 0.0519 e. The van der Waals surface area contributed by atoms with E-state index in [1.807, 2.05) is 12.1 Å². The van der Waals surface area contributed by atoms with Gasteiger partial charge in [-0.05, 0) is 57.5 Å². The summed E-state index contributed by atoms with van der Waals surface area (Å²) in [6, 6.07) is 8.71. The average molecular weight is 307 g/mol. The Balaban J connectivity index is 1.96. The first kappa shape index (κ1) is 15.3. The molecule has 0 aromatic heterocycles. The Labute approximate surface area is 133 Å². The first-order chi connectivity index (χ1) is 10.3. The standard InChI is InChI=1S/C18H27ClN2/c1-20-17(15-9-3-4-10-16(15)19)18(11-5-6-12-18)21-13-7-2-8-14-21/h3-4,9-10,17,20H,2,5-8,11-14H2,1H3. The fourth-order valence-corrected chi connectivity index (χ4v) is 4.78. The van der Waals surface area contributed by atoms with Crippen molar-refractivity contribution in [3.63, 3.8) is 0 Å². The quantitative estimate of drug-likeness (QED) is 0.887. The monoisotopic (exact) mass is 306 g/mol. The summed E-state index contributed by atoms with van der Waals surface area (Å²) in [5.74, 6) is 0. The van der Waals surface area contributed by atoms with Crippen LogP contribution in [-0.4, -0.2) is 30.6 Å². The van der Waals surface area contributed by atoms with Gasteiger partial charge < -0.3 is 5.32 Å². The molecular weight excluding hydrogens is 280 g/mol. The van der Waals surface area contributed by atoms with Crippen molar-refractivity contribution < 1.29 is 0 Å². The van der Waals surface area contributed by atoms with Crippen LogP contribution in [0.4, 0.5) is 0 Å². The zero-order chi connectivity index (χ0) is 14.7. The molecule has 1 saturated heterocycles. The van der Waals surface area contributed by atoms with E-state index in [1.165, 1.54) is 63.6 Å². The van der Waals surface area contributed by atoms with Crippen molar-refractivity contribution in [2.45, 2.75) is 56.5 Å². The van der Waals surface area contributed by atoms with Gasteiger partial charge in [-0.2, -0.15) is 0 Å². The minimum Gasteiger partial charge on any atom is -0.311 e. The average Bonchev–Trinajstić information content (AvgIpc) is 3.01. The van der Waals surface area contributed by atoms with E-state index in [-0.39, 0.29) is 5.54 Å². The highest BCUT2D eigenvalue weighted by Crippen LogP contribution is 2.46. The number of likely N-dealkylation sites (tertiary alicyclic amines) is 1. The summed E-state index contributed by atoms with van der Waals surface area (Å²) < 4.78 is 0. The van der Waals surface area contributed by atoms with E-state index in [1.54, 1.807) is 0 Å². The second-order valence-corrected chi connectivity index (χ2v) is 7.01. The van der Waals surface area contributed by atoms with Crippen LogP contribution in [0.15, 0.2) is 24.3 Å². The molecule has 3 rings (SSSR count). The SMILES string of the molecule is CNC(c1ccccc1Cl)C1(N2CCCCC2)CCCC1. The molecule has 0 spiro atoms. The largest absolute Gasteiger partial charge is 0.311 e. The van der Waals surface area contributed by atoms with E-state index >= 15 is 0 Å². The zero-order valence-corrected chi connectivity index (χ0v) is 13.8. The highest BCUT2D eigenvalue weighted by atomic mass is 35.5. The Kier molecular flexibility index (Phi) is 4.88. The van der Waals surface area contributed by atoms with Crippen LogP contribution >= 0.6 is 11.6 Å². The van der Waals surface area contributed by atoms with E-state index in [2.05, 4.69) is 29.4 Å². The van der Waals surface area contributed by atoms with Crippen molar-refractivity contribution in [1.82, 2.24) is 10.2 Å². The molecule has 1 aromatic carbocycles. The lowest BCUT2D eigenvalue weighted by Gasteiger charge is -2.48. The molecule has 1 unspecified atom stereocenters. The van der Waals surface area contributed by atoms with Crippen LogP contribution in [0.25, 0.3) is 0 Å². The van der Waals surface area contributed by atoms with Crippen molar-refractivity contribution in [2.24, 2.45) is 0 Å². The lowest BCUT2D eigenvalue weighted by molar-refractivity contribution is 0.0384. The molecule has 1 saturated carbocycles. The molecule has 2 fully saturated rings. The van der Waals surface area contributed by atoms with Gasteiger partial charge in [0.25, 0.3) is 0 Å². The third-order valence-electron chi connectivity index (χ3n) is 5.50. The number of likely N-dealkylation sites (N-methyl/N-ethyl adjacent to an activating group) is 1. The highest BCUT2D eigenvalue weighted by Gasteiger charge is 2.46. The summed E-state index contributed by atoms with van der Waals surface area (Å²) in [6.07, 6.45) is 9.37. The number of halogens is 1. The number of rotatable bonds is 4. The van der Waals surface area contributed by atoms with Gasteiger partial charge in [-0.25, -0.2) is 0 Å². The Bertz CT molecular complexity index is 462. The number of benzene rings is 1. The van der Waals surface area contributed by atoms with Crippen LogP contribution in [0.3, 0.4) is 0 Å². The van der Waals surface area contributed by atoms with E-state index in [4.69, 9.17) is 11.6 Å². The Morgan fingerprint density at radius 2 is 1.71 bits per heavy atom. The van der Waals surface area contributed by atoms with Crippen molar-refractivity contribution in [2.75, 3.05) is 20.1 Å². The van der Waals surface area contributed by atoms with E-state index in [9.17, 15) is 0 Å². The maximum absolute atomic E-state index is 6.52. The smallest absolute Gasteiger partial charge is 0.0519 e. The van der Waals surface area contributed by atoms with Gasteiger partial charge in [0.2, 0.25) is 0 Å². The second-order valence-electron chi connectivity index (χ2n) is 6.60. The highest BCUT2D eigenvalue weighted by molar-refractivity contribution is 6.31. The van der Waals surface area contributed by atoms with E-state index in [0.717, 1.165) is 5.02 Å². The summed E-state index contributed by atoms with van der Waals surface area (Å²) in [4.78, 5) is 2.77. The maximum atomic E-state index is 6.52. The van der Waals surface area contributed by atoms with Gasteiger partial charge in [0, 0.05) is 10.6 Å². The van der Waals surface area contributed by atoms with Crippen LogP contribution in [-0.2, 0) is 0 Å². The third kappa shape index (κ3) is 2.86. The molecule has 1 aliphatic heterocycles. The Morgan fingerprint density at radius 1 is 1.05 bits per heavy atom. The fraction of sp³-hybridized carbons (Fsp3) is 0.667. The summed E-state index contributed by atoms with van der Waals surface area (Å²) in [5, 5.41) is 4.52. The van der Waals surface area contributed by atoms with Crippen LogP contribution in [0.2, 0.25) is 5.02 Å². The lowest BCUT2D eigenvalue weighted by atomic mass is 9.80. The normalized spacial score (nSPS) is 24.1.